The summed E-state index contributed by atoms with van der Waals surface area (Å²) < 4.78 is 4.82. The van der Waals surface area contributed by atoms with Gasteiger partial charge in [-0.25, -0.2) is 0 Å². The van der Waals surface area contributed by atoms with Gasteiger partial charge in [0.05, 0.1) is 22.1 Å². The van der Waals surface area contributed by atoms with E-state index < -0.39 is 0 Å². The van der Waals surface area contributed by atoms with Gasteiger partial charge in [0.2, 0.25) is 0 Å². The molecule has 0 atom stereocenters. The molecule has 0 bridgehead atoms. The van der Waals surface area contributed by atoms with Gasteiger partial charge in [-0.15, -0.1) is 0 Å². The molecule has 8 aromatic rings. The van der Waals surface area contributed by atoms with E-state index in [4.69, 9.17) is 0 Å². The van der Waals surface area contributed by atoms with E-state index in [-0.39, 0.29) is 0 Å². The first-order valence-electron chi connectivity index (χ1n) is 14.8. The van der Waals surface area contributed by atoms with Crippen LogP contribution in [-0.4, -0.2) is 9.13 Å². The molecule has 0 saturated carbocycles. The van der Waals surface area contributed by atoms with Gasteiger partial charge in [-0.2, -0.15) is 0 Å². The molecule has 8 rings (SSSR count). The van der Waals surface area contributed by atoms with Gasteiger partial charge in [-0.1, -0.05) is 85.8 Å². The zero-order valence-corrected chi connectivity index (χ0v) is 24.2. The first-order chi connectivity index (χ1) is 20.6. The van der Waals surface area contributed by atoms with Gasteiger partial charge in [-0.05, 0) is 96.6 Å². The fourth-order valence-corrected chi connectivity index (χ4v) is 6.89. The minimum Gasteiger partial charge on any atom is -0.309 e. The summed E-state index contributed by atoms with van der Waals surface area (Å²) in [5, 5.41) is 5.18. The second-order valence-corrected chi connectivity index (χ2v) is 11.4. The molecule has 202 valence electrons. The van der Waals surface area contributed by atoms with Crippen molar-refractivity contribution in [2.45, 2.75) is 27.2 Å². The number of aryl methyl sites for hydroxylation is 3. The summed E-state index contributed by atoms with van der Waals surface area (Å²) in [7, 11) is 0. The number of benzene rings is 6. The normalized spacial score (nSPS) is 11.8. The van der Waals surface area contributed by atoms with Crippen LogP contribution in [0.4, 0.5) is 0 Å². The van der Waals surface area contributed by atoms with Crippen molar-refractivity contribution in [3.05, 3.63) is 144 Å². The van der Waals surface area contributed by atoms with E-state index in [1.54, 1.807) is 0 Å². The highest BCUT2D eigenvalue weighted by Gasteiger charge is 2.16. The lowest BCUT2D eigenvalue weighted by atomic mass is 9.95. The van der Waals surface area contributed by atoms with Gasteiger partial charge >= 0.3 is 0 Å². The predicted octanol–water partition coefficient (Wildman–Crippen LogP) is 10.7. The highest BCUT2D eigenvalue weighted by molar-refractivity contribution is 6.10. The Morgan fingerprint density at radius 2 is 0.857 bits per heavy atom. The number of nitrogens with zero attached hydrogens (tertiary/aromatic N) is 2. The van der Waals surface area contributed by atoms with Gasteiger partial charge in [-0.3, -0.25) is 0 Å². The molecule has 0 unspecified atom stereocenters. The maximum Gasteiger partial charge on any atom is 0.0543 e. The van der Waals surface area contributed by atoms with E-state index >= 15 is 0 Å². The van der Waals surface area contributed by atoms with Crippen LogP contribution in [0.25, 0.3) is 66.1 Å². The van der Waals surface area contributed by atoms with E-state index in [0.29, 0.717) is 0 Å². The number of hydrogen-bond donors (Lipinski definition) is 0. The van der Waals surface area contributed by atoms with E-state index in [9.17, 15) is 0 Å². The fourth-order valence-electron chi connectivity index (χ4n) is 6.89. The second kappa shape index (κ2) is 9.49. The molecular weight excluding hydrogens is 508 g/mol. The number of hydrogen-bond acceptors (Lipinski definition) is 0. The van der Waals surface area contributed by atoms with Crippen LogP contribution in [0.5, 0.6) is 0 Å². The van der Waals surface area contributed by atoms with Crippen molar-refractivity contribution >= 4 is 43.6 Å². The highest BCUT2D eigenvalue weighted by Crippen LogP contribution is 2.37. The number of aromatic nitrogens is 2. The van der Waals surface area contributed by atoms with Crippen molar-refractivity contribution in [1.29, 1.82) is 0 Å². The third-order valence-corrected chi connectivity index (χ3v) is 8.95. The summed E-state index contributed by atoms with van der Waals surface area (Å²) in [5.41, 5.74) is 13.9. The smallest absolute Gasteiger partial charge is 0.0543 e. The van der Waals surface area contributed by atoms with E-state index in [0.717, 1.165) is 6.42 Å². The fraction of sp³-hybridized carbons (Fsp3) is 0.100. The van der Waals surface area contributed by atoms with E-state index in [2.05, 4.69) is 157 Å². The highest BCUT2D eigenvalue weighted by atomic mass is 15.0. The van der Waals surface area contributed by atoms with Crippen molar-refractivity contribution in [1.82, 2.24) is 9.13 Å². The SMILES string of the molecule is CCc1ccc2c3ccccc3n(-c3ccc(-c4ccc(-n5c6ccccc6c6ccccc65)cc4C)c(C)c3)c2c1. The summed E-state index contributed by atoms with van der Waals surface area (Å²) >= 11 is 0. The summed E-state index contributed by atoms with van der Waals surface area (Å²) in [5.74, 6) is 0. The van der Waals surface area contributed by atoms with Crippen molar-refractivity contribution in [3.63, 3.8) is 0 Å². The van der Waals surface area contributed by atoms with Crippen LogP contribution >= 0.6 is 0 Å². The third kappa shape index (κ3) is 3.65. The van der Waals surface area contributed by atoms with Crippen molar-refractivity contribution < 1.29 is 0 Å². The molecule has 42 heavy (non-hydrogen) atoms. The van der Waals surface area contributed by atoms with Crippen LogP contribution in [0, 0.1) is 13.8 Å². The largest absolute Gasteiger partial charge is 0.309 e. The molecule has 0 aliphatic carbocycles. The van der Waals surface area contributed by atoms with Crippen LogP contribution in [0.2, 0.25) is 0 Å². The topological polar surface area (TPSA) is 9.86 Å². The molecule has 0 radical (unpaired) electrons. The van der Waals surface area contributed by atoms with Gasteiger partial charge in [0.1, 0.15) is 0 Å². The molecule has 0 amide bonds. The van der Waals surface area contributed by atoms with Crippen molar-refractivity contribution in [2.24, 2.45) is 0 Å². The molecular formula is C40H32N2. The average Bonchev–Trinajstić information content (AvgIpc) is 3.54. The molecule has 0 spiro atoms. The Morgan fingerprint density at radius 3 is 1.31 bits per heavy atom. The van der Waals surface area contributed by atoms with Crippen LogP contribution in [-0.2, 0) is 6.42 Å². The molecule has 0 aliphatic rings. The Labute approximate surface area is 246 Å². The maximum absolute atomic E-state index is 2.43. The Balaban J connectivity index is 1.25. The number of para-hydroxylation sites is 3. The van der Waals surface area contributed by atoms with Gasteiger partial charge < -0.3 is 9.13 Å². The molecule has 0 aliphatic heterocycles. The first-order valence-corrected chi connectivity index (χ1v) is 14.8. The molecule has 2 aromatic heterocycles. The van der Waals surface area contributed by atoms with Crippen LogP contribution in [0.15, 0.2) is 127 Å². The Hall–Kier alpha value is -5.08. The van der Waals surface area contributed by atoms with Crippen LogP contribution in [0.1, 0.15) is 23.6 Å². The molecule has 0 saturated heterocycles. The zero-order valence-electron chi connectivity index (χ0n) is 24.2. The monoisotopic (exact) mass is 540 g/mol. The quantitative estimate of drug-likeness (QED) is 0.210. The molecule has 2 heterocycles. The van der Waals surface area contributed by atoms with Crippen molar-refractivity contribution in [3.8, 4) is 22.5 Å². The molecule has 0 N–H and O–H groups in total. The van der Waals surface area contributed by atoms with E-state index in [1.807, 2.05) is 0 Å². The predicted molar refractivity (Wildman–Crippen MR) is 179 cm³/mol. The second-order valence-electron chi connectivity index (χ2n) is 11.4. The third-order valence-electron chi connectivity index (χ3n) is 8.95. The number of rotatable bonds is 4. The summed E-state index contributed by atoms with van der Waals surface area (Å²) in [6.07, 6.45) is 1.03. The molecule has 6 aromatic carbocycles. The van der Waals surface area contributed by atoms with Gasteiger partial charge in [0.25, 0.3) is 0 Å². The summed E-state index contributed by atoms with van der Waals surface area (Å²) in [6.45, 7) is 6.70. The molecule has 2 nitrogen and oxygen atoms in total. The minimum absolute atomic E-state index is 1.03. The van der Waals surface area contributed by atoms with Crippen molar-refractivity contribution in [2.75, 3.05) is 0 Å². The minimum atomic E-state index is 1.03. The summed E-state index contributed by atoms with van der Waals surface area (Å²) in [4.78, 5) is 0. The van der Waals surface area contributed by atoms with Crippen LogP contribution in [0.3, 0.4) is 0 Å². The Bertz CT molecular complexity index is 2260. The molecule has 0 fully saturated rings. The van der Waals surface area contributed by atoms with Crippen LogP contribution < -0.4 is 0 Å². The Kier molecular flexibility index (Phi) is 5.58. The number of fused-ring (bicyclic) bond motifs is 6. The molecule has 2 heteroatoms. The zero-order chi connectivity index (χ0) is 28.4. The average molecular weight is 541 g/mol. The van der Waals surface area contributed by atoms with E-state index in [1.165, 1.54) is 82.8 Å². The van der Waals surface area contributed by atoms with Gasteiger partial charge in [0.15, 0.2) is 0 Å². The lowest BCUT2D eigenvalue weighted by molar-refractivity contribution is 1.13. The maximum atomic E-state index is 2.43. The lowest BCUT2D eigenvalue weighted by Crippen LogP contribution is -1.98. The summed E-state index contributed by atoms with van der Waals surface area (Å²) in [6, 6.07) is 46.9. The first kappa shape index (κ1) is 24.7. The Morgan fingerprint density at radius 1 is 0.429 bits per heavy atom. The standard InChI is InChI=1S/C40H32N2/c1-4-28-17-20-36-35-13-7-10-16-39(35)42(40(36)25-28)30-19-22-32(27(3)24-30)31-21-18-29(23-26(31)2)41-37-14-8-5-11-33(37)34-12-6-9-15-38(34)41/h5-25H,4H2,1-3H3. The van der Waals surface area contributed by atoms with Gasteiger partial charge in [0, 0.05) is 32.9 Å². The lowest BCUT2D eigenvalue weighted by Gasteiger charge is -2.16.